The summed E-state index contributed by atoms with van der Waals surface area (Å²) in [6.45, 7) is 0. The van der Waals surface area contributed by atoms with Crippen LogP contribution >= 0.6 is 11.8 Å². The fourth-order valence-corrected chi connectivity index (χ4v) is 3.53. The fraction of sp³-hybridized carbons (Fsp3) is 0.294. The summed E-state index contributed by atoms with van der Waals surface area (Å²) in [5.74, 6) is -0.229. The van der Waals surface area contributed by atoms with Crippen molar-refractivity contribution in [3.05, 3.63) is 53.5 Å². The van der Waals surface area contributed by atoms with Crippen LogP contribution in [0.3, 0.4) is 0 Å². The van der Waals surface area contributed by atoms with Gasteiger partial charge in [-0.25, -0.2) is 9.37 Å². The average Bonchev–Trinajstić information content (AvgIpc) is 3.09. The van der Waals surface area contributed by atoms with Crippen LogP contribution in [0.4, 0.5) is 23.2 Å². The van der Waals surface area contributed by atoms with Gasteiger partial charge in [-0.05, 0) is 42.5 Å². The van der Waals surface area contributed by atoms with Gasteiger partial charge < -0.3 is 10.1 Å². The molecule has 1 unspecified atom stereocenters. The molecule has 1 amide bonds. The Labute approximate surface area is 151 Å². The molecule has 0 bridgehead atoms. The van der Waals surface area contributed by atoms with Crippen LogP contribution in [0.25, 0.3) is 0 Å². The Bertz CT molecular complexity index is 808. The number of nitrogens with zero attached hydrogens (tertiary/aromatic N) is 1. The molecule has 1 atom stereocenters. The van der Waals surface area contributed by atoms with Crippen LogP contribution in [-0.2, 0) is 6.18 Å². The van der Waals surface area contributed by atoms with Gasteiger partial charge in [0, 0.05) is 17.6 Å². The zero-order chi connectivity index (χ0) is 18.7. The van der Waals surface area contributed by atoms with Crippen LogP contribution in [0.15, 0.2) is 36.5 Å². The summed E-state index contributed by atoms with van der Waals surface area (Å²) in [4.78, 5) is 16.5. The van der Waals surface area contributed by atoms with Gasteiger partial charge in [-0.1, -0.05) is 0 Å². The molecule has 3 rings (SSSR count). The first-order valence-electron chi connectivity index (χ1n) is 7.72. The number of benzene rings is 1. The van der Waals surface area contributed by atoms with Crippen LogP contribution in [0, 0.1) is 5.82 Å². The molecule has 2 heterocycles. The van der Waals surface area contributed by atoms with Crippen LogP contribution < -0.4 is 10.1 Å². The highest BCUT2D eigenvalue weighted by Crippen LogP contribution is 2.33. The van der Waals surface area contributed by atoms with Crippen molar-refractivity contribution in [3.8, 4) is 5.88 Å². The van der Waals surface area contributed by atoms with Gasteiger partial charge in [0.2, 0.25) is 5.88 Å². The van der Waals surface area contributed by atoms with E-state index < -0.39 is 23.5 Å². The van der Waals surface area contributed by atoms with E-state index in [0.29, 0.717) is 12.1 Å². The lowest BCUT2D eigenvalue weighted by Gasteiger charge is -2.15. The Kier molecular flexibility index (Phi) is 5.36. The molecule has 138 valence electrons. The van der Waals surface area contributed by atoms with Crippen molar-refractivity contribution in [2.45, 2.75) is 18.7 Å². The molecule has 1 fully saturated rings. The first-order valence-corrected chi connectivity index (χ1v) is 8.87. The predicted octanol–water partition coefficient (Wildman–Crippen LogP) is 4.38. The molecule has 0 radical (unpaired) electrons. The van der Waals surface area contributed by atoms with E-state index in [2.05, 4.69) is 10.3 Å². The molecule has 1 aromatic carbocycles. The lowest BCUT2D eigenvalue weighted by molar-refractivity contribution is -0.139. The van der Waals surface area contributed by atoms with E-state index in [4.69, 9.17) is 4.74 Å². The normalized spacial score (nSPS) is 17.2. The third-order valence-corrected chi connectivity index (χ3v) is 4.84. The molecule has 1 saturated heterocycles. The third-order valence-electron chi connectivity index (χ3n) is 3.71. The van der Waals surface area contributed by atoms with E-state index in [0.717, 1.165) is 24.0 Å². The molecular formula is C17H14F4N2O2S. The fourth-order valence-electron chi connectivity index (χ4n) is 2.44. The smallest absolute Gasteiger partial charge is 0.419 e. The zero-order valence-electron chi connectivity index (χ0n) is 13.3. The Morgan fingerprint density at radius 1 is 1.31 bits per heavy atom. The second-order valence-electron chi connectivity index (χ2n) is 5.61. The first kappa shape index (κ1) is 18.5. The number of carbonyl (C=O) groups is 1. The quantitative estimate of drug-likeness (QED) is 0.793. The number of carbonyl (C=O) groups excluding carboxylic acids is 1. The summed E-state index contributed by atoms with van der Waals surface area (Å²) < 4.78 is 57.5. The number of amides is 1. The van der Waals surface area contributed by atoms with E-state index in [-0.39, 0.29) is 23.2 Å². The lowest BCUT2D eigenvalue weighted by atomic mass is 10.1. The van der Waals surface area contributed by atoms with Crippen molar-refractivity contribution in [2.24, 2.45) is 0 Å². The lowest BCUT2D eigenvalue weighted by Crippen LogP contribution is -2.20. The number of halogens is 4. The summed E-state index contributed by atoms with van der Waals surface area (Å²) in [6, 6.07) is 5.27. The first-order chi connectivity index (χ1) is 12.3. The highest BCUT2D eigenvalue weighted by atomic mass is 32.2. The highest BCUT2D eigenvalue weighted by molar-refractivity contribution is 7.99. The maximum atomic E-state index is 13.4. The number of pyridine rings is 1. The van der Waals surface area contributed by atoms with Crippen LogP contribution in [-0.4, -0.2) is 28.5 Å². The Morgan fingerprint density at radius 2 is 2.12 bits per heavy atom. The minimum Gasteiger partial charge on any atom is -0.473 e. The van der Waals surface area contributed by atoms with Crippen molar-refractivity contribution < 1.29 is 27.1 Å². The van der Waals surface area contributed by atoms with Gasteiger partial charge >= 0.3 is 6.18 Å². The minimum atomic E-state index is -4.85. The molecule has 9 heteroatoms. The van der Waals surface area contributed by atoms with Crippen molar-refractivity contribution in [1.29, 1.82) is 0 Å². The molecule has 4 nitrogen and oxygen atoms in total. The van der Waals surface area contributed by atoms with E-state index in [1.165, 1.54) is 18.3 Å². The molecule has 26 heavy (non-hydrogen) atoms. The molecule has 1 N–H and O–H groups in total. The van der Waals surface area contributed by atoms with E-state index >= 15 is 0 Å². The Morgan fingerprint density at radius 3 is 2.81 bits per heavy atom. The molecule has 1 aliphatic rings. The minimum absolute atomic E-state index is 0.0656. The molecule has 1 aromatic heterocycles. The number of anilines is 1. The molecule has 0 aliphatic carbocycles. The topological polar surface area (TPSA) is 51.2 Å². The summed E-state index contributed by atoms with van der Waals surface area (Å²) in [6.07, 6.45) is -2.62. The van der Waals surface area contributed by atoms with Gasteiger partial charge in [-0.2, -0.15) is 24.9 Å². The SMILES string of the molecule is O=C(Nc1ccc(F)c(C(F)(F)F)c1)c1cccnc1OC1CCSC1. The van der Waals surface area contributed by atoms with E-state index in [1.807, 2.05) is 0 Å². The number of thioether (sulfide) groups is 1. The highest BCUT2D eigenvalue weighted by Gasteiger charge is 2.34. The van der Waals surface area contributed by atoms with Gasteiger partial charge in [-0.15, -0.1) is 0 Å². The van der Waals surface area contributed by atoms with Crippen LogP contribution in [0.1, 0.15) is 22.3 Å². The standard InChI is InChI=1S/C17H14F4N2O2S/c18-14-4-3-10(8-13(14)17(19,20)21)23-15(24)12-2-1-6-22-16(12)25-11-5-7-26-9-11/h1-4,6,8,11H,5,7,9H2,(H,23,24). The van der Waals surface area contributed by atoms with Crippen LogP contribution in [0.2, 0.25) is 0 Å². The molecule has 0 spiro atoms. The van der Waals surface area contributed by atoms with Gasteiger partial charge in [0.15, 0.2) is 0 Å². The van der Waals surface area contributed by atoms with Gasteiger partial charge in [0.1, 0.15) is 17.5 Å². The predicted molar refractivity (Wildman–Crippen MR) is 90.0 cm³/mol. The van der Waals surface area contributed by atoms with Crippen molar-refractivity contribution >= 4 is 23.4 Å². The molecule has 1 aliphatic heterocycles. The summed E-state index contributed by atoms with van der Waals surface area (Å²) in [7, 11) is 0. The van der Waals surface area contributed by atoms with Crippen molar-refractivity contribution in [1.82, 2.24) is 4.98 Å². The number of nitrogens with one attached hydrogen (secondary N) is 1. The van der Waals surface area contributed by atoms with Crippen molar-refractivity contribution in [2.75, 3.05) is 16.8 Å². The number of alkyl halides is 3. The monoisotopic (exact) mass is 386 g/mol. The zero-order valence-corrected chi connectivity index (χ0v) is 14.2. The molecule has 0 saturated carbocycles. The van der Waals surface area contributed by atoms with E-state index in [1.54, 1.807) is 11.8 Å². The number of hydrogen-bond donors (Lipinski definition) is 1. The number of ether oxygens (including phenoxy) is 1. The number of hydrogen-bond acceptors (Lipinski definition) is 4. The second kappa shape index (κ2) is 7.53. The Balaban J connectivity index is 1.80. The molecule has 2 aromatic rings. The largest absolute Gasteiger partial charge is 0.473 e. The third kappa shape index (κ3) is 4.27. The van der Waals surface area contributed by atoms with Gasteiger partial charge in [0.05, 0.1) is 5.56 Å². The van der Waals surface area contributed by atoms with E-state index in [9.17, 15) is 22.4 Å². The molecular weight excluding hydrogens is 372 g/mol. The summed E-state index contributed by atoms with van der Waals surface area (Å²) >= 11 is 1.73. The summed E-state index contributed by atoms with van der Waals surface area (Å²) in [5.41, 5.74) is -1.52. The maximum Gasteiger partial charge on any atom is 0.419 e. The summed E-state index contributed by atoms with van der Waals surface area (Å²) in [5, 5.41) is 2.33. The number of rotatable bonds is 4. The maximum absolute atomic E-state index is 13.4. The second-order valence-corrected chi connectivity index (χ2v) is 6.76. The number of aromatic nitrogens is 1. The van der Waals surface area contributed by atoms with Gasteiger partial charge in [-0.3, -0.25) is 4.79 Å². The van der Waals surface area contributed by atoms with Gasteiger partial charge in [0.25, 0.3) is 5.91 Å². The Hall–Kier alpha value is -2.29. The van der Waals surface area contributed by atoms with Crippen LogP contribution in [0.5, 0.6) is 5.88 Å². The van der Waals surface area contributed by atoms with Crippen molar-refractivity contribution in [3.63, 3.8) is 0 Å². The average molecular weight is 386 g/mol.